The summed E-state index contributed by atoms with van der Waals surface area (Å²) in [6, 6.07) is 0. The Labute approximate surface area is 67.2 Å². The number of carbonyl (C=O) groups excluding carboxylic acids is 1. The van der Waals surface area contributed by atoms with Crippen LogP contribution in [0.15, 0.2) is 0 Å². The van der Waals surface area contributed by atoms with Gasteiger partial charge in [0.25, 0.3) is 0 Å². The molecule has 1 aromatic heterocycles. The molecular formula is C5H8BN2O2P. The molecule has 1 unspecified atom stereocenters. The second-order valence-corrected chi connectivity index (χ2v) is 2.45. The summed E-state index contributed by atoms with van der Waals surface area (Å²) in [7, 11) is 3.80. The second-order valence-electron chi connectivity index (χ2n) is 1.90. The molecule has 1 aromatic rings. The van der Waals surface area contributed by atoms with Gasteiger partial charge in [-0.05, 0) is 0 Å². The fraction of sp³-hybridized carbons (Fsp3) is 0.400. The van der Waals surface area contributed by atoms with Gasteiger partial charge >= 0.3 is 66.4 Å². The normalized spacial score (nSPS) is 9.27. The Kier molecular flexibility index (Phi) is 2.77. The van der Waals surface area contributed by atoms with Crippen LogP contribution < -0.4 is 5.57 Å². The van der Waals surface area contributed by atoms with Gasteiger partial charge in [-0.25, -0.2) is 0 Å². The van der Waals surface area contributed by atoms with Gasteiger partial charge < -0.3 is 0 Å². The van der Waals surface area contributed by atoms with E-state index in [1.54, 1.807) is 6.92 Å². The standard InChI is InChI=1S/C5H8BN2O2P/c1-2-10-4(9)3-6-8-5(11)7-3/h2,11H2,1H3,(H,7,8). The summed E-state index contributed by atoms with van der Waals surface area (Å²) >= 11 is 0. The number of carbonyl (C=O) groups is 1. The molecule has 1 heterocycles. The molecule has 0 aliphatic carbocycles. The van der Waals surface area contributed by atoms with Crippen molar-refractivity contribution in [3.63, 3.8) is 0 Å². The van der Waals surface area contributed by atoms with Crippen molar-refractivity contribution in [1.82, 2.24) is 9.88 Å². The SMILES string of the molecule is CCOC(=O)c1bnc(P)[nH]1. The van der Waals surface area contributed by atoms with E-state index in [0.717, 1.165) is 0 Å². The third-order valence-electron chi connectivity index (χ3n) is 1.09. The van der Waals surface area contributed by atoms with Crippen LogP contribution in [0.4, 0.5) is 0 Å². The van der Waals surface area contributed by atoms with Crippen molar-refractivity contribution >= 4 is 27.8 Å². The van der Waals surface area contributed by atoms with Crippen LogP contribution in [-0.4, -0.2) is 29.5 Å². The number of aromatic amines is 1. The van der Waals surface area contributed by atoms with Crippen LogP contribution in [0.3, 0.4) is 0 Å². The number of hydrogen-bond acceptors (Lipinski definition) is 3. The number of rotatable bonds is 2. The molecule has 0 saturated carbocycles. The number of hydrogen-bond donors (Lipinski definition) is 1. The topological polar surface area (TPSA) is 55.0 Å². The third-order valence-corrected chi connectivity index (χ3v) is 1.38. The van der Waals surface area contributed by atoms with E-state index in [1.165, 1.54) is 7.05 Å². The number of H-pyrrole nitrogens is 1. The molecule has 0 spiro atoms. The van der Waals surface area contributed by atoms with Gasteiger partial charge in [0.15, 0.2) is 0 Å². The van der Waals surface area contributed by atoms with E-state index in [9.17, 15) is 4.79 Å². The van der Waals surface area contributed by atoms with Gasteiger partial charge in [0.2, 0.25) is 0 Å². The van der Waals surface area contributed by atoms with Gasteiger partial charge in [-0.2, -0.15) is 0 Å². The average molecular weight is 170 g/mol. The van der Waals surface area contributed by atoms with Gasteiger partial charge in [-0.3, -0.25) is 0 Å². The van der Waals surface area contributed by atoms with Crippen LogP contribution in [0, 0.1) is 0 Å². The fourth-order valence-electron chi connectivity index (χ4n) is 0.649. The molecule has 1 N–H and O–H groups in total. The minimum absolute atomic E-state index is 0.367. The summed E-state index contributed by atoms with van der Waals surface area (Å²) in [5, 5.41) is 0. The summed E-state index contributed by atoms with van der Waals surface area (Å²) in [6.45, 7) is 2.14. The summed E-state index contributed by atoms with van der Waals surface area (Å²) in [5.41, 5.74) is 1.02. The molecule has 58 valence electrons. The van der Waals surface area contributed by atoms with Crippen molar-refractivity contribution in [3.05, 3.63) is 5.59 Å². The maximum absolute atomic E-state index is 11.0. The Balaban J connectivity index is 2.69. The number of esters is 1. The van der Waals surface area contributed by atoms with Crippen molar-refractivity contribution in [3.8, 4) is 0 Å². The van der Waals surface area contributed by atoms with Crippen LogP contribution in [0.2, 0.25) is 0 Å². The fourth-order valence-corrected chi connectivity index (χ4v) is 0.879. The van der Waals surface area contributed by atoms with Crippen molar-refractivity contribution in [1.29, 1.82) is 0 Å². The van der Waals surface area contributed by atoms with E-state index < -0.39 is 0 Å². The second kappa shape index (κ2) is 3.63. The van der Waals surface area contributed by atoms with E-state index in [4.69, 9.17) is 4.74 Å². The van der Waals surface area contributed by atoms with Crippen LogP contribution in [0.1, 0.15) is 17.3 Å². The Morgan fingerprint density at radius 2 is 2.64 bits per heavy atom. The number of nitrogens with zero attached hydrogens (tertiary/aromatic N) is 1. The number of ether oxygens (including phenoxy) is 1. The molecule has 11 heavy (non-hydrogen) atoms. The predicted octanol–water partition coefficient (Wildman–Crippen LogP) is -0.575. The van der Waals surface area contributed by atoms with Crippen molar-refractivity contribution in [2.24, 2.45) is 0 Å². The number of aromatic nitrogens is 2. The molecule has 0 bridgehead atoms. The zero-order chi connectivity index (χ0) is 8.27. The predicted molar refractivity (Wildman–Crippen MR) is 45.2 cm³/mol. The molecule has 1 rings (SSSR count). The zero-order valence-corrected chi connectivity index (χ0v) is 7.28. The molecule has 1 atom stereocenters. The quantitative estimate of drug-likeness (QED) is 0.477. The van der Waals surface area contributed by atoms with Crippen LogP contribution in [0.5, 0.6) is 0 Å². The van der Waals surface area contributed by atoms with E-state index in [1.807, 2.05) is 0 Å². The average Bonchev–Trinajstić information content (AvgIpc) is 2.36. The van der Waals surface area contributed by atoms with Crippen LogP contribution in [-0.2, 0) is 4.74 Å². The first-order valence-corrected chi connectivity index (χ1v) is 3.79. The molecular weight excluding hydrogens is 162 g/mol. The summed E-state index contributed by atoms with van der Waals surface area (Å²) in [6.07, 6.45) is 0. The van der Waals surface area contributed by atoms with E-state index >= 15 is 0 Å². The van der Waals surface area contributed by atoms with Gasteiger partial charge in [-0.1, -0.05) is 0 Å². The monoisotopic (exact) mass is 170 g/mol. The van der Waals surface area contributed by atoms with E-state index in [2.05, 4.69) is 19.1 Å². The molecule has 0 radical (unpaired) electrons. The van der Waals surface area contributed by atoms with E-state index in [0.29, 0.717) is 17.8 Å². The van der Waals surface area contributed by atoms with Gasteiger partial charge in [0.05, 0.1) is 0 Å². The van der Waals surface area contributed by atoms with Gasteiger partial charge in [0.1, 0.15) is 0 Å². The molecule has 0 fully saturated rings. The number of nitrogens with one attached hydrogen (secondary N) is 1. The first-order chi connectivity index (χ1) is 5.24. The molecule has 0 aromatic carbocycles. The summed E-state index contributed by atoms with van der Waals surface area (Å²) in [4.78, 5) is 17.5. The van der Waals surface area contributed by atoms with Crippen LogP contribution in [0.25, 0.3) is 0 Å². The Hall–Kier alpha value is -0.695. The third kappa shape index (κ3) is 2.12. The molecule has 0 amide bonds. The van der Waals surface area contributed by atoms with Crippen LogP contribution >= 0.6 is 9.24 Å². The first kappa shape index (κ1) is 8.40. The Bertz CT molecular complexity index is 263. The Morgan fingerprint density at radius 3 is 3.09 bits per heavy atom. The van der Waals surface area contributed by atoms with Crippen molar-refractivity contribution in [2.45, 2.75) is 6.92 Å². The molecule has 4 nitrogen and oxygen atoms in total. The molecule has 0 saturated heterocycles. The maximum atomic E-state index is 11.0. The zero-order valence-electron chi connectivity index (χ0n) is 6.13. The minimum atomic E-state index is -0.367. The van der Waals surface area contributed by atoms with Gasteiger partial charge in [0, 0.05) is 0 Å². The molecule has 6 heteroatoms. The molecule has 0 aliphatic heterocycles. The first-order valence-electron chi connectivity index (χ1n) is 3.21. The van der Waals surface area contributed by atoms with Gasteiger partial charge in [-0.15, -0.1) is 0 Å². The summed E-state index contributed by atoms with van der Waals surface area (Å²) in [5.74, 6) is -0.367. The Morgan fingerprint density at radius 1 is 1.91 bits per heavy atom. The summed E-state index contributed by atoms with van der Waals surface area (Å²) < 4.78 is 4.72. The molecule has 0 aliphatic rings. The van der Waals surface area contributed by atoms with E-state index in [-0.39, 0.29) is 5.97 Å². The van der Waals surface area contributed by atoms with Crippen molar-refractivity contribution in [2.75, 3.05) is 6.61 Å². The van der Waals surface area contributed by atoms with Crippen molar-refractivity contribution < 1.29 is 9.53 Å².